The molecule has 3 aromatic carbocycles. The van der Waals surface area contributed by atoms with E-state index in [1.165, 1.54) is 16.7 Å². The number of rotatable bonds is 5. The van der Waals surface area contributed by atoms with Gasteiger partial charge in [-0.05, 0) is 48.2 Å². The van der Waals surface area contributed by atoms with Crippen LogP contribution in [0.15, 0.2) is 72.8 Å². The smallest absolute Gasteiger partial charge is 0.267 e. The van der Waals surface area contributed by atoms with Crippen molar-refractivity contribution in [3.05, 3.63) is 83.9 Å². The maximum absolute atomic E-state index is 6.01. The van der Waals surface area contributed by atoms with E-state index in [0.717, 1.165) is 29.9 Å². The maximum Gasteiger partial charge on any atom is 0.267 e. The Balaban J connectivity index is 0.00000196. The predicted octanol–water partition coefficient (Wildman–Crippen LogP) is 5.14. The number of fused-ring (bicyclic) bond motifs is 1. The van der Waals surface area contributed by atoms with Gasteiger partial charge in [-0.3, -0.25) is 0 Å². The largest absolute Gasteiger partial charge is 0.447 e. The van der Waals surface area contributed by atoms with E-state index in [1.807, 2.05) is 24.3 Å². The SMILES string of the molecule is Cl.NCCCc1ccc2c(c1)OC(c1ccc(-c3ccccc3)cc1)O2. The van der Waals surface area contributed by atoms with Crippen LogP contribution in [0, 0.1) is 0 Å². The lowest BCUT2D eigenvalue weighted by Crippen LogP contribution is -2.07. The summed E-state index contributed by atoms with van der Waals surface area (Å²) < 4.78 is 12.0. The van der Waals surface area contributed by atoms with Gasteiger partial charge in [-0.25, -0.2) is 0 Å². The molecular weight excluding hydrogens is 346 g/mol. The Kier molecular flexibility index (Phi) is 5.82. The molecule has 1 unspecified atom stereocenters. The third-order valence-corrected chi connectivity index (χ3v) is 4.44. The highest BCUT2D eigenvalue weighted by Crippen LogP contribution is 2.41. The zero-order valence-electron chi connectivity index (χ0n) is 14.4. The fraction of sp³-hybridized carbons (Fsp3) is 0.182. The summed E-state index contributed by atoms with van der Waals surface area (Å²) >= 11 is 0. The average molecular weight is 368 g/mol. The lowest BCUT2D eigenvalue weighted by atomic mass is 10.0. The number of aryl methyl sites for hydroxylation is 1. The Labute approximate surface area is 160 Å². The molecule has 4 rings (SSSR count). The second-order valence-corrected chi connectivity index (χ2v) is 6.23. The fourth-order valence-electron chi connectivity index (χ4n) is 3.06. The molecule has 0 saturated heterocycles. The van der Waals surface area contributed by atoms with Crippen LogP contribution in [-0.2, 0) is 6.42 Å². The van der Waals surface area contributed by atoms with Crippen LogP contribution in [0.4, 0.5) is 0 Å². The standard InChI is InChI=1S/C22H21NO2.ClH/c23-14-4-5-16-8-13-20-21(15-16)25-22(24-20)19-11-9-18(10-12-19)17-6-2-1-3-7-17;/h1-3,6-13,15,22H,4-5,14,23H2;1H. The molecule has 0 aliphatic carbocycles. The van der Waals surface area contributed by atoms with Crippen molar-refractivity contribution in [3.63, 3.8) is 0 Å². The highest BCUT2D eigenvalue weighted by Gasteiger charge is 2.25. The molecule has 3 aromatic rings. The van der Waals surface area contributed by atoms with Crippen LogP contribution < -0.4 is 15.2 Å². The van der Waals surface area contributed by atoms with Crippen molar-refractivity contribution in [2.75, 3.05) is 6.54 Å². The van der Waals surface area contributed by atoms with Crippen molar-refractivity contribution in [1.29, 1.82) is 0 Å². The van der Waals surface area contributed by atoms with Gasteiger partial charge in [0.05, 0.1) is 0 Å². The molecule has 0 spiro atoms. The van der Waals surface area contributed by atoms with E-state index in [0.29, 0.717) is 6.54 Å². The number of halogens is 1. The zero-order valence-corrected chi connectivity index (χ0v) is 15.2. The molecule has 1 atom stereocenters. The highest BCUT2D eigenvalue weighted by molar-refractivity contribution is 5.85. The molecule has 134 valence electrons. The Hall–Kier alpha value is -2.49. The van der Waals surface area contributed by atoms with E-state index < -0.39 is 0 Å². The molecule has 0 amide bonds. The first-order chi connectivity index (χ1) is 12.3. The van der Waals surface area contributed by atoms with Gasteiger partial charge in [0.2, 0.25) is 0 Å². The van der Waals surface area contributed by atoms with E-state index in [4.69, 9.17) is 15.2 Å². The first-order valence-corrected chi connectivity index (χ1v) is 8.65. The molecule has 0 aromatic heterocycles. The summed E-state index contributed by atoms with van der Waals surface area (Å²) in [5.41, 5.74) is 10.2. The lowest BCUT2D eigenvalue weighted by molar-refractivity contribution is 0.0487. The minimum atomic E-state index is -0.385. The average Bonchev–Trinajstić information content (AvgIpc) is 3.10. The first kappa shape index (κ1) is 18.3. The molecule has 1 aliphatic heterocycles. The Morgan fingerprint density at radius 1 is 0.769 bits per heavy atom. The Morgan fingerprint density at radius 3 is 2.19 bits per heavy atom. The number of nitrogens with two attached hydrogens (primary N) is 1. The van der Waals surface area contributed by atoms with Crippen molar-refractivity contribution < 1.29 is 9.47 Å². The van der Waals surface area contributed by atoms with E-state index >= 15 is 0 Å². The van der Waals surface area contributed by atoms with Gasteiger partial charge in [0.15, 0.2) is 11.5 Å². The molecule has 26 heavy (non-hydrogen) atoms. The molecule has 0 saturated carbocycles. The number of hydrogen-bond donors (Lipinski definition) is 1. The van der Waals surface area contributed by atoms with Crippen LogP contribution in [0.1, 0.15) is 23.8 Å². The Morgan fingerprint density at radius 2 is 1.46 bits per heavy atom. The summed E-state index contributed by atoms with van der Waals surface area (Å²) in [5, 5.41) is 0. The van der Waals surface area contributed by atoms with Crippen molar-refractivity contribution in [3.8, 4) is 22.6 Å². The monoisotopic (exact) mass is 367 g/mol. The number of hydrogen-bond acceptors (Lipinski definition) is 3. The van der Waals surface area contributed by atoms with E-state index in [-0.39, 0.29) is 18.7 Å². The highest BCUT2D eigenvalue weighted by atomic mass is 35.5. The quantitative estimate of drug-likeness (QED) is 0.679. The van der Waals surface area contributed by atoms with Crippen LogP contribution in [0.5, 0.6) is 11.5 Å². The predicted molar refractivity (Wildman–Crippen MR) is 107 cm³/mol. The molecule has 0 bridgehead atoms. The number of benzene rings is 3. The van der Waals surface area contributed by atoms with Gasteiger partial charge in [0, 0.05) is 5.56 Å². The van der Waals surface area contributed by atoms with Gasteiger partial charge in [-0.2, -0.15) is 0 Å². The summed E-state index contributed by atoms with van der Waals surface area (Å²) in [6, 6.07) is 24.8. The molecule has 0 fully saturated rings. The molecular formula is C22H22ClNO2. The van der Waals surface area contributed by atoms with Crippen LogP contribution in [0.3, 0.4) is 0 Å². The normalized spacial score (nSPS) is 14.7. The van der Waals surface area contributed by atoms with E-state index in [1.54, 1.807) is 0 Å². The summed E-state index contributed by atoms with van der Waals surface area (Å²) in [4.78, 5) is 0. The third kappa shape index (κ3) is 3.85. The molecule has 0 radical (unpaired) electrons. The van der Waals surface area contributed by atoms with E-state index in [9.17, 15) is 0 Å². The zero-order chi connectivity index (χ0) is 17.1. The van der Waals surface area contributed by atoms with Crippen LogP contribution in [0.2, 0.25) is 0 Å². The second-order valence-electron chi connectivity index (χ2n) is 6.23. The topological polar surface area (TPSA) is 44.5 Å². The van der Waals surface area contributed by atoms with Crippen molar-refractivity contribution >= 4 is 12.4 Å². The van der Waals surface area contributed by atoms with Gasteiger partial charge in [-0.1, -0.05) is 60.7 Å². The van der Waals surface area contributed by atoms with Gasteiger partial charge in [0.1, 0.15) is 0 Å². The van der Waals surface area contributed by atoms with Gasteiger partial charge < -0.3 is 15.2 Å². The second kappa shape index (κ2) is 8.26. The molecule has 1 aliphatic rings. The summed E-state index contributed by atoms with van der Waals surface area (Å²) in [5.74, 6) is 1.61. The molecule has 4 heteroatoms. The van der Waals surface area contributed by atoms with Crippen LogP contribution in [0.25, 0.3) is 11.1 Å². The van der Waals surface area contributed by atoms with Crippen molar-refractivity contribution in [1.82, 2.24) is 0 Å². The van der Waals surface area contributed by atoms with Crippen LogP contribution in [-0.4, -0.2) is 6.54 Å². The lowest BCUT2D eigenvalue weighted by Gasteiger charge is -2.11. The minimum Gasteiger partial charge on any atom is -0.447 e. The van der Waals surface area contributed by atoms with Gasteiger partial charge in [0.25, 0.3) is 6.29 Å². The van der Waals surface area contributed by atoms with Gasteiger partial charge in [-0.15, -0.1) is 12.4 Å². The van der Waals surface area contributed by atoms with Crippen molar-refractivity contribution in [2.24, 2.45) is 5.73 Å². The summed E-state index contributed by atoms with van der Waals surface area (Å²) in [6.45, 7) is 0.699. The first-order valence-electron chi connectivity index (χ1n) is 8.65. The summed E-state index contributed by atoms with van der Waals surface area (Å²) in [7, 11) is 0. The maximum atomic E-state index is 6.01. The molecule has 3 nitrogen and oxygen atoms in total. The van der Waals surface area contributed by atoms with Gasteiger partial charge >= 0.3 is 0 Å². The van der Waals surface area contributed by atoms with Crippen molar-refractivity contribution in [2.45, 2.75) is 19.1 Å². The molecule has 2 N–H and O–H groups in total. The number of ether oxygens (including phenoxy) is 2. The Bertz CT molecular complexity index is 850. The van der Waals surface area contributed by atoms with E-state index in [2.05, 4.69) is 48.5 Å². The van der Waals surface area contributed by atoms with Crippen LogP contribution >= 0.6 is 12.4 Å². The fourth-order valence-corrected chi connectivity index (χ4v) is 3.06. The summed E-state index contributed by atoms with van der Waals surface area (Å²) in [6.07, 6.45) is 1.55. The molecule has 1 heterocycles. The minimum absolute atomic E-state index is 0. The third-order valence-electron chi connectivity index (χ3n) is 4.44.